The van der Waals surface area contributed by atoms with Crippen LogP contribution in [0.25, 0.3) is 71.3 Å². The third kappa shape index (κ3) is 3.80. The fourth-order valence-corrected chi connectivity index (χ4v) is 6.80. The fraction of sp³-hybridized carbons (Fsp3) is 0.0244. The number of hydrogen-bond acceptors (Lipinski definition) is 1. The van der Waals surface area contributed by atoms with Crippen molar-refractivity contribution in [3.05, 3.63) is 163 Å². The van der Waals surface area contributed by atoms with Crippen LogP contribution in [-0.4, -0.2) is 4.57 Å². The Hall–Kier alpha value is -5.60. The average molecular weight is 550 g/mol. The van der Waals surface area contributed by atoms with Gasteiger partial charge in [-0.05, 0) is 63.4 Å². The van der Waals surface area contributed by atoms with Crippen molar-refractivity contribution in [2.24, 2.45) is 0 Å². The largest absolute Gasteiger partial charge is 0.456 e. The first-order chi connectivity index (χ1) is 21.3. The Morgan fingerprint density at radius 1 is 0.465 bits per heavy atom. The molecule has 2 heteroatoms. The van der Waals surface area contributed by atoms with E-state index in [4.69, 9.17) is 4.42 Å². The molecule has 2 aromatic heterocycles. The minimum Gasteiger partial charge on any atom is -0.456 e. The Morgan fingerprint density at radius 3 is 1.79 bits per heavy atom. The molecule has 0 aliphatic heterocycles. The van der Waals surface area contributed by atoms with Crippen LogP contribution in [0.4, 0.5) is 0 Å². The lowest BCUT2D eigenvalue weighted by molar-refractivity contribution is 0.664. The van der Waals surface area contributed by atoms with Crippen LogP contribution in [0.2, 0.25) is 0 Å². The zero-order chi connectivity index (χ0) is 28.3. The summed E-state index contributed by atoms with van der Waals surface area (Å²) in [6, 6.07) is 54.5. The molecular formula is C41H27NO. The Balaban J connectivity index is 1.03. The average Bonchev–Trinajstić information content (AvgIpc) is 3.62. The molecule has 0 aliphatic carbocycles. The molecule has 0 spiro atoms. The summed E-state index contributed by atoms with van der Waals surface area (Å²) in [6.07, 6.45) is 0.822. The van der Waals surface area contributed by atoms with Gasteiger partial charge in [0.1, 0.15) is 11.2 Å². The van der Waals surface area contributed by atoms with Crippen LogP contribution in [0.15, 0.2) is 156 Å². The lowest BCUT2D eigenvalue weighted by atomic mass is 9.98. The van der Waals surface area contributed by atoms with Crippen molar-refractivity contribution in [2.45, 2.75) is 6.42 Å². The molecule has 2 heterocycles. The van der Waals surface area contributed by atoms with Gasteiger partial charge >= 0.3 is 0 Å². The summed E-state index contributed by atoms with van der Waals surface area (Å²) in [6.45, 7) is 0. The zero-order valence-electron chi connectivity index (χ0n) is 23.5. The molecule has 0 saturated heterocycles. The molecule has 202 valence electrons. The Labute approximate surface area is 249 Å². The number of rotatable bonds is 4. The standard InChI is InChI=1S/C41H27NO/c1-2-10-33-30(8-1)22-25-39-40(33)36-13-7-9-31(41(36)43-39)26-27-16-18-28(19-17-27)29-20-23-32(24-21-29)42-37-14-5-3-11-34(37)35-12-4-6-15-38(35)42/h1-25H,26H2. The molecule has 0 unspecified atom stereocenters. The van der Waals surface area contributed by atoms with Gasteiger partial charge in [-0.15, -0.1) is 0 Å². The second kappa shape index (κ2) is 9.47. The summed E-state index contributed by atoms with van der Waals surface area (Å²) in [7, 11) is 0. The van der Waals surface area contributed by atoms with Crippen molar-refractivity contribution in [2.75, 3.05) is 0 Å². The lowest BCUT2D eigenvalue weighted by Crippen LogP contribution is -1.93. The predicted octanol–water partition coefficient (Wildman–Crippen LogP) is 11.1. The first kappa shape index (κ1) is 24.0. The van der Waals surface area contributed by atoms with E-state index in [0.717, 1.165) is 17.6 Å². The molecular weight excluding hydrogens is 522 g/mol. The summed E-state index contributed by atoms with van der Waals surface area (Å²) < 4.78 is 8.81. The fourth-order valence-electron chi connectivity index (χ4n) is 6.80. The van der Waals surface area contributed by atoms with E-state index < -0.39 is 0 Å². The van der Waals surface area contributed by atoms with Gasteiger partial charge in [-0.2, -0.15) is 0 Å². The number of aromatic nitrogens is 1. The van der Waals surface area contributed by atoms with Gasteiger partial charge in [-0.1, -0.05) is 121 Å². The highest BCUT2D eigenvalue weighted by atomic mass is 16.3. The van der Waals surface area contributed by atoms with E-state index in [2.05, 4.69) is 156 Å². The van der Waals surface area contributed by atoms with Crippen molar-refractivity contribution >= 4 is 54.5 Å². The van der Waals surface area contributed by atoms with Gasteiger partial charge in [0, 0.05) is 33.7 Å². The number of hydrogen-bond donors (Lipinski definition) is 0. The van der Waals surface area contributed by atoms with Crippen molar-refractivity contribution in [1.29, 1.82) is 0 Å². The van der Waals surface area contributed by atoms with Crippen molar-refractivity contribution < 1.29 is 4.42 Å². The molecule has 0 aliphatic rings. The maximum absolute atomic E-state index is 6.45. The number of nitrogens with zero attached hydrogens (tertiary/aromatic N) is 1. The van der Waals surface area contributed by atoms with Gasteiger partial charge in [-0.3, -0.25) is 0 Å². The van der Waals surface area contributed by atoms with Crippen LogP contribution >= 0.6 is 0 Å². The number of benzene rings is 7. The highest BCUT2D eigenvalue weighted by Gasteiger charge is 2.14. The van der Waals surface area contributed by atoms with Gasteiger partial charge in [0.2, 0.25) is 0 Å². The smallest absolute Gasteiger partial charge is 0.138 e. The molecule has 0 saturated carbocycles. The molecule has 0 atom stereocenters. The molecule has 0 fully saturated rings. The summed E-state index contributed by atoms with van der Waals surface area (Å²) in [5.41, 5.74) is 10.5. The topological polar surface area (TPSA) is 18.1 Å². The predicted molar refractivity (Wildman–Crippen MR) is 180 cm³/mol. The van der Waals surface area contributed by atoms with E-state index in [-0.39, 0.29) is 0 Å². The molecule has 0 bridgehead atoms. The Bertz CT molecular complexity index is 2410. The number of fused-ring (bicyclic) bond motifs is 8. The highest BCUT2D eigenvalue weighted by Crippen LogP contribution is 2.37. The SMILES string of the molecule is c1ccc2c(c1)ccc1oc3c(Cc4ccc(-c5ccc(-n6c7ccccc7c7ccccc76)cc5)cc4)cccc3c12. The second-order valence-electron chi connectivity index (χ2n) is 11.3. The monoisotopic (exact) mass is 549 g/mol. The van der Waals surface area contributed by atoms with Crippen LogP contribution in [0, 0.1) is 0 Å². The van der Waals surface area contributed by atoms with E-state index in [1.54, 1.807) is 0 Å². The Kier molecular flexibility index (Phi) is 5.30. The van der Waals surface area contributed by atoms with Crippen LogP contribution in [0.1, 0.15) is 11.1 Å². The first-order valence-corrected chi connectivity index (χ1v) is 14.8. The number of para-hydroxylation sites is 3. The molecule has 7 aromatic carbocycles. The van der Waals surface area contributed by atoms with E-state index >= 15 is 0 Å². The van der Waals surface area contributed by atoms with Gasteiger partial charge in [0.15, 0.2) is 0 Å². The Morgan fingerprint density at radius 2 is 1.07 bits per heavy atom. The second-order valence-corrected chi connectivity index (χ2v) is 11.3. The zero-order valence-corrected chi connectivity index (χ0v) is 23.5. The van der Waals surface area contributed by atoms with E-state index in [1.807, 2.05) is 0 Å². The molecule has 0 N–H and O–H groups in total. The molecule has 9 rings (SSSR count). The van der Waals surface area contributed by atoms with Crippen LogP contribution in [0.3, 0.4) is 0 Å². The lowest BCUT2D eigenvalue weighted by Gasteiger charge is -2.10. The van der Waals surface area contributed by atoms with E-state index in [0.29, 0.717) is 0 Å². The molecule has 9 aromatic rings. The van der Waals surface area contributed by atoms with Gasteiger partial charge in [0.05, 0.1) is 11.0 Å². The van der Waals surface area contributed by atoms with Crippen LogP contribution in [-0.2, 0) is 6.42 Å². The van der Waals surface area contributed by atoms with Gasteiger partial charge in [-0.25, -0.2) is 0 Å². The third-order valence-corrected chi connectivity index (χ3v) is 8.86. The summed E-state index contributed by atoms with van der Waals surface area (Å²) in [5, 5.41) is 7.43. The maximum Gasteiger partial charge on any atom is 0.138 e. The van der Waals surface area contributed by atoms with Crippen molar-refractivity contribution in [1.82, 2.24) is 4.57 Å². The third-order valence-electron chi connectivity index (χ3n) is 8.86. The molecule has 43 heavy (non-hydrogen) atoms. The van der Waals surface area contributed by atoms with E-state index in [9.17, 15) is 0 Å². The van der Waals surface area contributed by atoms with Crippen molar-refractivity contribution in [3.63, 3.8) is 0 Å². The van der Waals surface area contributed by atoms with Gasteiger partial charge in [0.25, 0.3) is 0 Å². The summed E-state index contributed by atoms with van der Waals surface area (Å²) in [5.74, 6) is 0. The van der Waals surface area contributed by atoms with Crippen molar-refractivity contribution in [3.8, 4) is 16.8 Å². The minimum atomic E-state index is 0.822. The van der Waals surface area contributed by atoms with E-state index in [1.165, 1.54) is 71.3 Å². The molecule has 0 amide bonds. The van der Waals surface area contributed by atoms with Gasteiger partial charge < -0.3 is 8.98 Å². The minimum absolute atomic E-state index is 0.822. The highest BCUT2D eigenvalue weighted by molar-refractivity contribution is 6.19. The first-order valence-electron chi connectivity index (χ1n) is 14.8. The van der Waals surface area contributed by atoms with Crippen LogP contribution in [0.5, 0.6) is 0 Å². The van der Waals surface area contributed by atoms with Crippen LogP contribution < -0.4 is 0 Å². The maximum atomic E-state index is 6.45. The normalized spacial score (nSPS) is 11.8. The summed E-state index contributed by atoms with van der Waals surface area (Å²) >= 11 is 0. The number of furan rings is 1. The molecule has 0 radical (unpaired) electrons. The quantitative estimate of drug-likeness (QED) is 0.213. The summed E-state index contributed by atoms with van der Waals surface area (Å²) in [4.78, 5) is 0. The molecule has 2 nitrogen and oxygen atoms in total.